The van der Waals surface area contributed by atoms with E-state index in [-0.39, 0.29) is 17.7 Å². The third-order valence-electron chi connectivity index (χ3n) is 8.07. The number of carbonyl (C=O) groups excluding carboxylic acids is 2. The second-order valence-corrected chi connectivity index (χ2v) is 10.9. The minimum absolute atomic E-state index is 0.224. The standard InChI is InChI=1S/C26H50N2O4/c1-9-25(31,10-2)20(16-18(5)6)28(23(30)24(22(27)29)14-13-15-24)21(17-19(7)8)26(32,11-3)12-4/h18-21,31-32H,9-17H2,1-8H3,(H2,27,29). The Morgan fingerprint density at radius 1 is 0.844 bits per heavy atom. The van der Waals surface area contributed by atoms with Crippen LogP contribution in [0.5, 0.6) is 0 Å². The second kappa shape index (κ2) is 11.3. The predicted molar refractivity (Wildman–Crippen MR) is 130 cm³/mol. The normalized spacial score (nSPS) is 18.4. The van der Waals surface area contributed by atoms with Gasteiger partial charge < -0.3 is 20.8 Å². The smallest absolute Gasteiger partial charge is 0.238 e. The molecule has 4 N–H and O–H groups in total. The van der Waals surface area contributed by atoms with Crippen molar-refractivity contribution in [1.29, 1.82) is 0 Å². The van der Waals surface area contributed by atoms with Gasteiger partial charge in [-0.2, -0.15) is 0 Å². The number of nitrogens with zero attached hydrogens (tertiary/aromatic N) is 1. The average Bonchev–Trinajstić information content (AvgIpc) is 2.69. The molecule has 6 nitrogen and oxygen atoms in total. The van der Waals surface area contributed by atoms with E-state index in [9.17, 15) is 19.8 Å². The molecule has 2 unspecified atom stereocenters. The minimum Gasteiger partial charge on any atom is -0.388 e. The summed E-state index contributed by atoms with van der Waals surface area (Å²) in [4.78, 5) is 28.6. The summed E-state index contributed by atoms with van der Waals surface area (Å²) in [6.07, 6.45) is 4.79. The van der Waals surface area contributed by atoms with Crippen molar-refractivity contribution in [3.05, 3.63) is 0 Å². The van der Waals surface area contributed by atoms with Crippen molar-refractivity contribution in [3.63, 3.8) is 0 Å². The number of rotatable bonds is 14. The highest BCUT2D eigenvalue weighted by molar-refractivity contribution is 6.05. The molecule has 0 aromatic rings. The molecule has 1 saturated carbocycles. The fraction of sp³-hybridized carbons (Fsp3) is 0.923. The molecule has 0 saturated heterocycles. The van der Waals surface area contributed by atoms with Crippen LogP contribution in [-0.4, -0.2) is 50.2 Å². The summed E-state index contributed by atoms with van der Waals surface area (Å²) in [7, 11) is 0. The summed E-state index contributed by atoms with van der Waals surface area (Å²) in [5.41, 5.74) is 2.36. The molecule has 0 aliphatic heterocycles. The summed E-state index contributed by atoms with van der Waals surface area (Å²) >= 11 is 0. The number of hydrogen-bond donors (Lipinski definition) is 3. The Morgan fingerprint density at radius 3 is 1.38 bits per heavy atom. The number of primary amides is 1. The van der Waals surface area contributed by atoms with Gasteiger partial charge in [0.25, 0.3) is 0 Å². The van der Waals surface area contributed by atoms with E-state index in [1.165, 1.54) is 0 Å². The van der Waals surface area contributed by atoms with E-state index in [1.54, 1.807) is 4.90 Å². The van der Waals surface area contributed by atoms with E-state index >= 15 is 0 Å². The van der Waals surface area contributed by atoms with Gasteiger partial charge in [-0.05, 0) is 63.2 Å². The van der Waals surface area contributed by atoms with Crippen LogP contribution in [0.25, 0.3) is 0 Å². The first-order valence-corrected chi connectivity index (χ1v) is 12.9. The number of aliphatic hydroxyl groups is 2. The van der Waals surface area contributed by atoms with Crippen LogP contribution in [0, 0.1) is 17.3 Å². The van der Waals surface area contributed by atoms with Gasteiger partial charge in [0.2, 0.25) is 11.8 Å². The van der Waals surface area contributed by atoms with Gasteiger partial charge >= 0.3 is 0 Å². The van der Waals surface area contributed by atoms with Crippen LogP contribution < -0.4 is 5.73 Å². The molecule has 1 aliphatic carbocycles. The largest absolute Gasteiger partial charge is 0.388 e. The molecule has 0 radical (unpaired) electrons. The number of nitrogens with two attached hydrogens (primary N) is 1. The maximum atomic E-state index is 14.3. The molecule has 2 atom stereocenters. The number of hydrogen-bond acceptors (Lipinski definition) is 4. The van der Waals surface area contributed by atoms with E-state index in [2.05, 4.69) is 27.7 Å². The van der Waals surface area contributed by atoms with Crippen molar-refractivity contribution in [2.75, 3.05) is 0 Å². The van der Waals surface area contributed by atoms with Gasteiger partial charge in [-0.15, -0.1) is 0 Å². The molecule has 1 fully saturated rings. The molecule has 0 aromatic carbocycles. The SMILES string of the molecule is CCC(O)(CC)C(CC(C)C)N(C(=O)C1(C(N)=O)CCC1)C(CC(C)C)C(O)(CC)CC. The predicted octanol–water partition coefficient (Wildman–Crippen LogP) is 4.40. The summed E-state index contributed by atoms with van der Waals surface area (Å²) in [5.74, 6) is -0.435. The second-order valence-electron chi connectivity index (χ2n) is 10.9. The highest BCUT2D eigenvalue weighted by Gasteiger charge is 2.57. The first-order valence-electron chi connectivity index (χ1n) is 12.9. The van der Waals surface area contributed by atoms with Crippen LogP contribution in [-0.2, 0) is 9.59 Å². The first kappa shape index (κ1) is 28.9. The van der Waals surface area contributed by atoms with Crippen LogP contribution in [0.4, 0.5) is 0 Å². The first-order chi connectivity index (χ1) is 14.8. The van der Waals surface area contributed by atoms with Crippen LogP contribution in [0.3, 0.4) is 0 Å². The quantitative estimate of drug-likeness (QED) is 0.338. The van der Waals surface area contributed by atoms with Crippen LogP contribution >= 0.6 is 0 Å². The van der Waals surface area contributed by atoms with Crippen molar-refractivity contribution >= 4 is 11.8 Å². The van der Waals surface area contributed by atoms with Gasteiger partial charge in [0.1, 0.15) is 5.41 Å². The highest BCUT2D eigenvalue weighted by atomic mass is 16.3. The molecule has 0 aromatic heterocycles. The van der Waals surface area contributed by atoms with Gasteiger partial charge in [0.05, 0.1) is 23.3 Å². The zero-order valence-corrected chi connectivity index (χ0v) is 21.9. The zero-order chi connectivity index (χ0) is 24.9. The molecule has 0 bridgehead atoms. The number of amides is 2. The molecule has 1 aliphatic rings. The van der Waals surface area contributed by atoms with E-state index in [0.29, 0.717) is 51.4 Å². The van der Waals surface area contributed by atoms with Gasteiger partial charge in [-0.3, -0.25) is 9.59 Å². The Balaban J connectivity index is 3.83. The molecule has 0 spiro atoms. The highest BCUT2D eigenvalue weighted by Crippen LogP contribution is 2.46. The third kappa shape index (κ3) is 5.67. The molecular weight excluding hydrogens is 404 g/mol. The summed E-state index contributed by atoms with van der Waals surface area (Å²) in [5, 5.41) is 23.5. The van der Waals surface area contributed by atoms with Crippen molar-refractivity contribution in [2.45, 2.75) is 136 Å². The monoisotopic (exact) mass is 454 g/mol. The van der Waals surface area contributed by atoms with Gasteiger partial charge in [0.15, 0.2) is 0 Å². The lowest BCUT2D eigenvalue weighted by atomic mass is 9.65. The van der Waals surface area contributed by atoms with Crippen molar-refractivity contribution < 1.29 is 19.8 Å². The van der Waals surface area contributed by atoms with E-state index in [0.717, 1.165) is 6.42 Å². The van der Waals surface area contributed by atoms with E-state index < -0.39 is 34.6 Å². The van der Waals surface area contributed by atoms with E-state index in [1.807, 2.05) is 27.7 Å². The van der Waals surface area contributed by atoms with Crippen molar-refractivity contribution in [2.24, 2.45) is 23.0 Å². The molecule has 188 valence electrons. The lowest BCUT2D eigenvalue weighted by Gasteiger charge is -2.54. The fourth-order valence-corrected chi connectivity index (χ4v) is 5.36. The van der Waals surface area contributed by atoms with E-state index in [4.69, 9.17) is 5.73 Å². The Hall–Kier alpha value is -1.14. The molecule has 2 amide bonds. The van der Waals surface area contributed by atoms with Crippen molar-refractivity contribution in [1.82, 2.24) is 4.90 Å². The van der Waals surface area contributed by atoms with Crippen LogP contribution in [0.15, 0.2) is 0 Å². The van der Waals surface area contributed by atoms with Gasteiger partial charge in [-0.25, -0.2) is 0 Å². The molecule has 32 heavy (non-hydrogen) atoms. The van der Waals surface area contributed by atoms with Gasteiger partial charge in [0, 0.05) is 0 Å². The van der Waals surface area contributed by atoms with Crippen LogP contribution in [0.1, 0.15) is 113 Å². The lowest BCUT2D eigenvalue weighted by Crippen LogP contribution is -2.68. The maximum Gasteiger partial charge on any atom is 0.238 e. The third-order valence-corrected chi connectivity index (χ3v) is 8.07. The lowest BCUT2D eigenvalue weighted by molar-refractivity contribution is -0.179. The molecule has 6 heteroatoms. The average molecular weight is 455 g/mol. The summed E-state index contributed by atoms with van der Waals surface area (Å²) in [6.45, 7) is 16.1. The molecule has 0 heterocycles. The maximum absolute atomic E-state index is 14.3. The number of carbonyl (C=O) groups is 2. The van der Waals surface area contributed by atoms with Crippen LogP contribution in [0.2, 0.25) is 0 Å². The minimum atomic E-state index is -1.23. The Labute approximate surface area is 196 Å². The van der Waals surface area contributed by atoms with Gasteiger partial charge in [-0.1, -0.05) is 61.8 Å². The Kier molecular flexibility index (Phi) is 10.2. The summed E-state index contributed by atoms with van der Waals surface area (Å²) < 4.78 is 0. The summed E-state index contributed by atoms with van der Waals surface area (Å²) in [6, 6.07) is -1.01. The molecular formula is C26H50N2O4. The Morgan fingerprint density at radius 2 is 1.19 bits per heavy atom. The fourth-order valence-electron chi connectivity index (χ4n) is 5.36. The Bertz CT molecular complexity index is 587. The topological polar surface area (TPSA) is 104 Å². The molecule has 1 rings (SSSR count). The van der Waals surface area contributed by atoms with Crippen molar-refractivity contribution in [3.8, 4) is 0 Å². The zero-order valence-electron chi connectivity index (χ0n) is 21.9.